The quantitative estimate of drug-likeness (QED) is 0.672. The fourth-order valence-electron chi connectivity index (χ4n) is 1.52. The highest BCUT2D eigenvalue weighted by Gasteiger charge is 2.18. The Kier molecular flexibility index (Phi) is 3.96. The molecule has 0 aliphatic rings. The number of nitro groups is 1. The summed E-state index contributed by atoms with van der Waals surface area (Å²) in [6.45, 7) is 2.76. The average molecular weight is 282 g/mol. The van der Waals surface area contributed by atoms with Crippen LogP contribution in [0.2, 0.25) is 5.02 Å². The third-order valence-corrected chi connectivity index (χ3v) is 2.57. The largest absolute Gasteiger partial charge is 0.370 e. The molecule has 0 aliphatic heterocycles. The molecule has 0 saturated heterocycles. The standard InChI is InChI=1S/C11H12ClN5O2/c1-2-5-13-10-4-3-9(17(18)19)11(15-10)16-7-8(12)6-14-16/h3-4,6-7H,2,5H2,1H3,(H,13,15). The molecule has 100 valence electrons. The molecule has 0 aliphatic carbocycles. The van der Waals surface area contributed by atoms with Crippen LogP contribution in [0.3, 0.4) is 0 Å². The third kappa shape index (κ3) is 3.00. The molecule has 8 heteroatoms. The van der Waals surface area contributed by atoms with Gasteiger partial charge in [-0.15, -0.1) is 0 Å². The number of aromatic nitrogens is 3. The first-order valence-corrected chi connectivity index (χ1v) is 6.09. The minimum absolute atomic E-state index is 0.123. The van der Waals surface area contributed by atoms with Crippen LogP contribution in [0.5, 0.6) is 0 Å². The molecule has 0 spiro atoms. The average Bonchev–Trinajstić information content (AvgIpc) is 2.82. The van der Waals surface area contributed by atoms with Crippen LogP contribution in [-0.2, 0) is 0 Å². The van der Waals surface area contributed by atoms with Gasteiger partial charge in [-0.2, -0.15) is 5.10 Å². The van der Waals surface area contributed by atoms with Gasteiger partial charge in [-0.25, -0.2) is 9.67 Å². The van der Waals surface area contributed by atoms with Crippen molar-refractivity contribution in [3.63, 3.8) is 0 Å². The van der Waals surface area contributed by atoms with E-state index >= 15 is 0 Å². The molecule has 2 aromatic heterocycles. The number of nitrogens with one attached hydrogen (secondary N) is 1. The summed E-state index contributed by atoms with van der Waals surface area (Å²) in [5.74, 6) is 0.701. The third-order valence-electron chi connectivity index (χ3n) is 2.38. The molecule has 1 N–H and O–H groups in total. The number of pyridine rings is 1. The lowest BCUT2D eigenvalue weighted by Gasteiger charge is -2.07. The Morgan fingerprint density at radius 2 is 2.32 bits per heavy atom. The summed E-state index contributed by atoms with van der Waals surface area (Å²) in [6, 6.07) is 2.97. The molecule has 0 atom stereocenters. The lowest BCUT2D eigenvalue weighted by atomic mass is 10.3. The zero-order chi connectivity index (χ0) is 13.8. The number of nitrogens with zero attached hydrogens (tertiary/aromatic N) is 4. The minimum atomic E-state index is -0.498. The molecular formula is C11H12ClN5O2. The van der Waals surface area contributed by atoms with Gasteiger partial charge in [0.1, 0.15) is 5.82 Å². The van der Waals surface area contributed by atoms with Crippen LogP contribution in [0, 0.1) is 10.1 Å². The first-order chi connectivity index (χ1) is 9.11. The SMILES string of the molecule is CCCNc1ccc([N+](=O)[O-])c(-n2cc(Cl)cn2)n1. The van der Waals surface area contributed by atoms with Crippen molar-refractivity contribution in [2.75, 3.05) is 11.9 Å². The fraction of sp³-hybridized carbons (Fsp3) is 0.273. The van der Waals surface area contributed by atoms with E-state index in [2.05, 4.69) is 15.4 Å². The van der Waals surface area contributed by atoms with E-state index in [1.165, 1.54) is 23.1 Å². The second kappa shape index (κ2) is 5.66. The van der Waals surface area contributed by atoms with E-state index in [-0.39, 0.29) is 11.5 Å². The minimum Gasteiger partial charge on any atom is -0.370 e. The Morgan fingerprint density at radius 1 is 1.53 bits per heavy atom. The van der Waals surface area contributed by atoms with Gasteiger partial charge in [-0.05, 0) is 12.5 Å². The summed E-state index contributed by atoms with van der Waals surface area (Å²) >= 11 is 5.77. The fourth-order valence-corrected chi connectivity index (χ4v) is 1.66. The molecular weight excluding hydrogens is 270 g/mol. The van der Waals surface area contributed by atoms with Gasteiger partial charge in [0, 0.05) is 12.6 Å². The van der Waals surface area contributed by atoms with Crippen LogP contribution >= 0.6 is 11.6 Å². The number of rotatable bonds is 5. The van der Waals surface area contributed by atoms with E-state index in [1.54, 1.807) is 6.07 Å². The summed E-state index contributed by atoms with van der Waals surface area (Å²) in [5, 5.41) is 18.4. The number of hydrogen-bond acceptors (Lipinski definition) is 5. The molecule has 7 nitrogen and oxygen atoms in total. The van der Waals surface area contributed by atoms with E-state index in [9.17, 15) is 10.1 Å². The van der Waals surface area contributed by atoms with Gasteiger partial charge in [0.2, 0.25) is 5.82 Å². The lowest BCUT2D eigenvalue weighted by molar-refractivity contribution is -0.384. The van der Waals surface area contributed by atoms with Gasteiger partial charge in [-0.3, -0.25) is 10.1 Å². The second-order valence-corrected chi connectivity index (χ2v) is 4.26. The van der Waals surface area contributed by atoms with Gasteiger partial charge in [0.25, 0.3) is 0 Å². The Morgan fingerprint density at radius 3 is 2.89 bits per heavy atom. The van der Waals surface area contributed by atoms with E-state index in [0.717, 1.165) is 13.0 Å². The molecule has 2 heterocycles. The summed E-state index contributed by atoms with van der Waals surface area (Å²) in [5.41, 5.74) is -0.123. The topological polar surface area (TPSA) is 85.9 Å². The van der Waals surface area contributed by atoms with Crippen molar-refractivity contribution in [3.05, 3.63) is 39.7 Å². The normalized spacial score (nSPS) is 10.4. The van der Waals surface area contributed by atoms with Crippen LogP contribution in [0.1, 0.15) is 13.3 Å². The molecule has 0 saturated carbocycles. The van der Waals surface area contributed by atoms with E-state index in [0.29, 0.717) is 10.8 Å². The van der Waals surface area contributed by atoms with Crippen LogP contribution in [0.15, 0.2) is 24.5 Å². The highest BCUT2D eigenvalue weighted by atomic mass is 35.5. The van der Waals surface area contributed by atoms with Crippen LogP contribution in [0.4, 0.5) is 11.5 Å². The van der Waals surface area contributed by atoms with Crippen molar-refractivity contribution >= 4 is 23.1 Å². The van der Waals surface area contributed by atoms with Gasteiger partial charge >= 0.3 is 5.69 Å². The lowest BCUT2D eigenvalue weighted by Crippen LogP contribution is -2.07. The van der Waals surface area contributed by atoms with Gasteiger partial charge in [0.15, 0.2) is 0 Å². The van der Waals surface area contributed by atoms with Crippen molar-refractivity contribution in [2.24, 2.45) is 0 Å². The number of halogens is 1. The van der Waals surface area contributed by atoms with Crippen molar-refractivity contribution in [2.45, 2.75) is 13.3 Å². The molecule has 0 aromatic carbocycles. The summed E-state index contributed by atoms with van der Waals surface area (Å²) in [4.78, 5) is 14.7. The van der Waals surface area contributed by atoms with E-state index in [4.69, 9.17) is 11.6 Å². The molecule has 0 fully saturated rings. The molecule has 2 rings (SSSR count). The first-order valence-electron chi connectivity index (χ1n) is 5.71. The first kappa shape index (κ1) is 13.3. The maximum Gasteiger partial charge on any atom is 0.313 e. The highest BCUT2D eigenvalue weighted by molar-refractivity contribution is 6.30. The highest BCUT2D eigenvalue weighted by Crippen LogP contribution is 2.23. The Hall–Kier alpha value is -2.15. The van der Waals surface area contributed by atoms with Crippen molar-refractivity contribution in [1.29, 1.82) is 0 Å². The molecule has 0 amide bonds. The van der Waals surface area contributed by atoms with Gasteiger partial charge in [-0.1, -0.05) is 18.5 Å². The zero-order valence-corrected chi connectivity index (χ0v) is 11.0. The van der Waals surface area contributed by atoms with E-state index < -0.39 is 4.92 Å². The smallest absolute Gasteiger partial charge is 0.313 e. The Bertz CT molecular complexity index is 599. The maximum absolute atomic E-state index is 11.0. The van der Waals surface area contributed by atoms with E-state index in [1.807, 2.05) is 6.92 Å². The summed E-state index contributed by atoms with van der Waals surface area (Å²) in [7, 11) is 0. The van der Waals surface area contributed by atoms with Crippen LogP contribution in [-0.4, -0.2) is 26.2 Å². The predicted molar refractivity (Wildman–Crippen MR) is 71.8 cm³/mol. The van der Waals surface area contributed by atoms with Crippen LogP contribution < -0.4 is 5.32 Å². The summed E-state index contributed by atoms with van der Waals surface area (Å²) < 4.78 is 1.29. The van der Waals surface area contributed by atoms with Crippen molar-refractivity contribution in [1.82, 2.24) is 14.8 Å². The van der Waals surface area contributed by atoms with Gasteiger partial charge in [0.05, 0.1) is 22.3 Å². The molecule has 19 heavy (non-hydrogen) atoms. The molecule has 2 aromatic rings. The summed E-state index contributed by atoms with van der Waals surface area (Å²) in [6.07, 6.45) is 3.81. The zero-order valence-electron chi connectivity index (χ0n) is 10.2. The second-order valence-electron chi connectivity index (χ2n) is 3.83. The monoisotopic (exact) mass is 281 g/mol. The van der Waals surface area contributed by atoms with Crippen molar-refractivity contribution in [3.8, 4) is 5.82 Å². The van der Waals surface area contributed by atoms with Gasteiger partial charge < -0.3 is 5.32 Å². The Labute approximate surface area is 114 Å². The van der Waals surface area contributed by atoms with Crippen LogP contribution in [0.25, 0.3) is 5.82 Å². The van der Waals surface area contributed by atoms with Crippen molar-refractivity contribution < 1.29 is 4.92 Å². The maximum atomic E-state index is 11.0. The predicted octanol–water partition coefficient (Wildman–Crippen LogP) is 2.65. The number of hydrogen-bond donors (Lipinski definition) is 1. The molecule has 0 unspecified atom stereocenters. The number of anilines is 1. The molecule has 0 bridgehead atoms. The Balaban J connectivity index is 2.44. The molecule has 0 radical (unpaired) electrons.